The van der Waals surface area contributed by atoms with Gasteiger partial charge in [0.15, 0.2) is 5.96 Å². The van der Waals surface area contributed by atoms with Crippen LogP contribution in [-0.4, -0.2) is 36.1 Å². The summed E-state index contributed by atoms with van der Waals surface area (Å²) in [6.45, 7) is 5.98. The zero-order valence-electron chi connectivity index (χ0n) is 16.1. The third-order valence-corrected chi connectivity index (χ3v) is 5.70. The summed E-state index contributed by atoms with van der Waals surface area (Å²) >= 11 is 1.80. The molecule has 2 heterocycles. The molecule has 0 aliphatic carbocycles. The molecule has 1 aromatic carbocycles. The Kier molecular flexibility index (Phi) is 8.56. The maximum absolute atomic E-state index is 4.46. The highest BCUT2D eigenvalue weighted by Gasteiger charge is 2.06. The van der Waals surface area contributed by atoms with Crippen molar-refractivity contribution in [1.82, 2.24) is 20.6 Å². The number of para-hydroxylation sites is 1. The predicted molar refractivity (Wildman–Crippen MR) is 127 cm³/mol. The van der Waals surface area contributed by atoms with Gasteiger partial charge in [-0.25, -0.2) is 4.98 Å². The van der Waals surface area contributed by atoms with Crippen molar-refractivity contribution < 1.29 is 0 Å². The van der Waals surface area contributed by atoms with Crippen molar-refractivity contribution >= 4 is 52.2 Å². The minimum absolute atomic E-state index is 0. The Morgan fingerprint density at radius 3 is 2.70 bits per heavy atom. The Morgan fingerprint density at radius 2 is 2.00 bits per heavy atom. The number of rotatable bonds is 7. The zero-order valence-corrected chi connectivity index (χ0v) is 19.3. The third-order valence-electron chi connectivity index (χ3n) is 4.50. The molecular weight excluding hydrogens is 469 g/mol. The lowest BCUT2D eigenvalue weighted by molar-refractivity contribution is 0.783. The molecule has 0 saturated carbocycles. The molecule has 0 atom stereocenters. The van der Waals surface area contributed by atoms with Crippen LogP contribution < -0.4 is 10.6 Å². The topological polar surface area (TPSA) is 65.1 Å². The quantitative estimate of drug-likeness (QED) is 0.262. The number of guanidine groups is 1. The molecule has 3 aromatic rings. The number of fused-ring (bicyclic) bond motifs is 1. The molecule has 3 N–H and O–H groups in total. The minimum Gasteiger partial charge on any atom is -0.361 e. The monoisotopic (exact) mass is 497 g/mol. The number of hydrogen-bond acceptors (Lipinski definition) is 3. The molecule has 5 nitrogen and oxygen atoms in total. The van der Waals surface area contributed by atoms with Crippen LogP contribution in [0.5, 0.6) is 0 Å². The van der Waals surface area contributed by atoms with Crippen molar-refractivity contribution in [3.63, 3.8) is 0 Å². The second kappa shape index (κ2) is 10.7. The van der Waals surface area contributed by atoms with Crippen LogP contribution in [0.4, 0.5) is 0 Å². The van der Waals surface area contributed by atoms with E-state index in [0.29, 0.717) is 0 Å². The molecule has 0 bridgehead atoms. The minimum atomic E-state index is 0. The fourth-order valence-electron chi connectivity index (χ4n) is 3.02. The number of aliphatic imine (C=N–C) groups is 1. The second-order valence-electron chi connectivity index (χ2n) is 6.31. The van der Waals surface area contributed by atoms with Crippen LogP contribution in [0, 0.1) is 6.92 Å². The van der Waals surface area contributed by atoms with Gasteiger partial charge in [-0.3, -0.25) is 4.99 Å². The van der Waals surface area contributed by atoms with E-state index in [2.05, 4.69) is 63.8 Å². The second-order valence-corrected chi connectivity index (χ2v) is 7.51. The maximum Gasteiger partial charge on any atom is 0.191 e. The standard InChI is InChI=1S/C20H27N5S.HI/c1-4-16-13-24-18(26-16)9-11-23-20(21-3)22-10-8-15-12-25-19-14(2)6-5-7-17(15)19;/h5-7,12-13,25H,4,8-11H2,1-3H3,(H2,21,22,23);1H. The molecule has 0 saturated heterocycles. The van der Waals surface area contributed by atoms with Crippen molar-refractivity contribution in [2.24, 2.45) is 4.99 Å². The molecule has 0 unspecified atom stereocenters. The summed E-state index contributed by atoms with van der Waals surface area (Å²) in [6.07, 6.45) is 7.03. The van der Waals surface area contributed by atoms with Crippen LogP contribution in [0.2, 0.25) is 0 Å². The van der Waals surface area contributed by atoms with E-state index in [0.717, 1.165) is 38.3 Å². The number of halogens is 1. The first-order valence-electron chi connectivity index (χ1n) is 9.15. The van der Waals surface area contributed by atoms with E-state index in [-0.39, 0.29) is 24.0 Å². The summed E-state index contributed by atoms with van der Waals surface area (Å²) in [5, 5.41) is 9.26. The summed E-state index contributed by atoms with van der Waals surface area (Å²) in [6, 6.07) is 6.43. The largest absolute Gasteiger partial charge is 0.361 e. The number of aryl methyl sites for hydroxylation is 2. The van der Waals surface area contributed by atoms with Crippen molar-refractivity contribution in [2.45, 2.75) is 33.1 Å². The molecule has 146 valence electrons. The highest BCUT2D eigenvalue weighted by Crippen LogP contribution is 2.21. The molecule has 3 rings (SSSR count). The number of nitrogens with zero attached hydrogens (tertiary/aromatic N) is 2. The molecular formula is C20H28IN5S. The van der Waals surface area contributed by atoms with E-state index in [1.54, 1.807) is 11.3 Å². The first-order chi connectivity index (χ1) is 12.7. The molecule has 0 aliphatic heterocycles. The Balaban J connectivity index is 0.00000261. The van der Waals surface area contributed by atoms with Gasteiger partial charge < -0.3 is 15.6 Å². The number of aromatic nitrogens is 2. The van der Waals surface area contributed by atoms with Gasteiger partial charge in [-0.05, 0) is 30.9 Å². The first-order valence-corrected chi connectivity index (χ1v) is 9.96. The number of thiazole rings is 1. The summed E-state index contributed by atoms with van der Waals surface area (Å²) in [5.41, 5.74) is 3.86. The first kappa shape index (κ1) is 21.7. The smallest absolute Gasteiger partial charge is 0.191 e. The van der Waals surface area contributed by atoms with Gasteiger partial charge in [0, 0.05) is 54.7 Å². The summed E-state index contributed by atoms with van der Waals surface area (Å²) in [4.78, 5) is 13.5. The Bertz CT molecular complexity index is 884. The molecule has 0 aliphatic rings. The maximum atomic E-state index is 4.46. The van der Waals surface area contributed by atoms with E-state index in [9.17, 15) is 0 Å². The average molecular weight is 497 g/mol. The number of nitrogens with one attached hydrogen (secondary N) is 3. The van der Waals surface area contributed by atoms with Gasteiger partial charge in [-0.15, -0.1) is 35.3 Å². The molecule has 7 heteroatoms. The lowest BCUT2D eigenvalue weighted by Crippen LogP contribution is -2.39. The van der Waals surface area contributed by atoms with Gasteiger partial charge >= 0.3 is 0 Å². The van der Waals surface area contributed by atoms with E-state index < -0.39 is 0 Å². The summed E-state index contributed by atoms with van der Waals surface area (Å²) in [5.74, 6) is 0.841. The Hall–Kier alpha value is -1.61. The van der Waals surface area contributed by atoms with Crippen molar-refractivity contribution in [1.29, 1.82) is 0 Å². The average Bonchev–Trinajstić information content (AvgIpc) is 3.28. The van der Waals surface area contributed by atoms with Crippen LogP contribution in [-0.2, 0) is 19.3 Å². The molecule has 0 amide bonds. The summed E-state index contributed by atoms with van der Waals surface area (Å²) < 4.78 is 0. The highest BCUT2D eigenvalue weighted by molar-refractivity contribution is 14.0. The number of H-pyrrole nitrogens is 1. The van der Waals surface area contributed by atoms with Gasteiger partial charge in [0.2, 0.25) is 0 Å². The Labute approximate surface area is 182 Å². The van der Waals surface area contributed by atoms with Crippen LogP contribution in [0.15, 0.2) is 35.6 Å². The summed E-state index contributed by atoms with van der Waals surface area (Å²) in [7, 11) is 1.81. The van der Waals surface area contributed by atoms with E-state index in [1.165, 1.54) is 31.9 Å². The van der Waals surface area contributed by atoms with Gasteiger partial charge in [-0.2, -0.15) is 0 Å². The predicted octanol–water partition coefficient (Wildman–Crippen LogP) is 4.06. The number of hydrogen-bond donors (Lipinski definition) is 3. The van der Waals surface area contributed by atoms with Crippen LogP contribution in [0.3, 0.4) is 0 Å². The van der Waals surface area contributed by atoms with Gasteiger partial charge in [0.25, 0.3) is 0 Å². The van der Waals surface area contributed by atoms with Gasteiger partial charge in [-0.1, -0.05) is 25.1 Å². The van der Waals surface area contributed by atoms with E-state index in [1.807, 2.05) is 13.2 Å². The normalized spacial score (nSPS) is 11.4. The van der Waals surface area contributed by atoms with Crippen LogP contribution >= 0.6 is 35.3 Å². The van der Waals surface area contributed by atoms with Gasteiger partial charge in [0.1, 0.15) is 0 Å². The van der Waals surface area contributed by atoms with Crippen molar-refractivity contribution in [2.75, 3.05) is 20.1 Å². The Morgan fingerprint density at radius 1 is 1.22 bits per heavy atom. The fraction of sp³-hybridized carbons (Fsp3) is 0.400. The van der Waals surface area contributed by atoms with E-state index >= 15 is 0 Å². The zero-order chi connectivity index (χ0) is 18.4. The fourth-order valence-corrected chi connectivity index (χ4v) is 3.88. The van der Waals surface area contributed by atoms with Crippen molar-refractivity contribution in [3.8, 4) is 0 Å². The highest BCUT2D eigenvalue weighted by atomic mass is 127. The number of benzene rings is 1. The van der Waals surface area contributed by atoms with E-state index in [4.69, 9.17) is 0 Å². The lowest BCUT2D eigenvalue weighted by atomic mass is 10.1. The third kappa shape index (κ3) is 5.68. The lowest BCUT2D eigenvalue weighted by Gasteiger charge is -2.11. The molecule has 27 heavy (non-hydrogen) atoms. The number of aromatic amines is 1. The molecule has 0 fully saturated rings. The molecule has 0 radical (unpaired) electrons. The SMILES string of the molecule is CCc1cnc(CCNC(=NC)NCCc2c[nH]c3c(C)cccc23)s1.I. The van der Waals surface area contributed by atoms with Crippen LogP contribution in [0.1, 0.15) is 27.9 Å². The van der Waals surface area contributed by atoms with Gasteiger partial charge in [0.05, 0.1) is 5.01 Å². The molecule has 0 spiro atoms. The molecule has 2 aromatic heterocycles. The van der Waals surface area contributed by atoms with Crippen molar-refractivity contribution in [3.05, 3.63) is 51.6 Å². The van der Waals surface area contributed by atoms with Crippen LogP contribution in [0.25, 0.3) is 10.9 Å².